The predicted octanol–water partition coefficient (Wildman–Crippen LogP) is 5.39. The molecule has 1 fully saturated rings. The van der Waals surface area contributed by atoms with Gasteiger partial charge in [0.05, 0.1) is 0 Å². The van der Waals surface area contributed by atoms with Crippen molar-refractivity contribution in [2.24, 2.45) is 0 Å². The number of piperazine rings is 1. The van der Waals surface area contributed by atoms with Crippen molar-refractivity contribution < 1.29 is 4.43 Å². The van der Waals surface area contributed by atoms with E-state index in [9.17, 15) is 0 Å². The normalized spacial score (nSPS) is 16.4. The molecule has 4 heteroatoms. The molecule has 0 aliphatic carbocycles. The Labute approximate surface area is 166 Å². The van der Waals surface area contributed by atoms with E-state index >= 15 is 0 Å². The van der Waals surface area contributed by atoms with Crippen molar-refractivity contribution in [3.63, 3.8) is 0 Å². The topological polar surface area (TPSA) is 15.7 Å². The van der Waals surface area contributed by atoms with E-state index in [0.717, 1.165) is 38.5 Å². The van der Waals surface area contributed by atoms with E-state index in [4.69, 9.17) is 4.43 Å². The Balaban J connectivity index is 1.54. The quantitative estimate of drug-likeness (QED) is 0.645. The van der Waals surface area contributed by atoms with Gasteiger partial charge in [-0.2, -0.15) is 0 Å². The van der Waals surface area contributed by atoms with Crippen LogP contribution < -0.4 is 9.33 Å². The predicted molar refractivity (Wildman–Crippen MR) is 118 cm³/mol. The number of rotatable bonds is 5. The van der Waals surface area contributed by atoms with E-state index in [1.54, 1.807) is 0 Å². The third-order valence-corrected chi connectivity index (χ3v) is 10.4. The summed E-state index contributed by atoms with van der Waals surface area (Å²) in [5.74, 6) is 1.01. The Kier molecular flexibility index (Phi) is 5.97. The van der Waals surface area contributed by atoms with Crippen LogP contribution in [0, 0.1) is 0 Å². The minimum Gasteiger partial charge on any atom is -0.544 e. The van der Waals surface area contributed by atoms with Crippen LogP contribution in [0.4, 0.5) is 5.69 Å². The second-order valence-electron chi connectivity index (χ2n) is 9.11. The van der Waals surface area contributed by atoms with Gasteiger partial charge in [-0.05, 0) is 48.0 Å². The molecule has 3 nitrogen and oxygen atoms in total. The molecule has 1 saturated heterocycles. The minimum absolute atomic E-state index is 0.223. The molecule has 0 spiro atoms. The summed E-state index contributed by atoms with van der Waals surface area (Å²) in [7, 11) is -1.77. The zero-order valence-electron chi connectivity index (χ0n) is 17.5. The second-order valence-corrected chi connectivity index (χ2v) is 13.8. The lowest BCUT2D eigenvalue weighted by atomic mass is 10.2. The standard InChI is InChI=1S/C23H34N2OSi/c1-23(2,3)27(4,5)26-22-13-11-21(12-14-22)25-17-15-24(16-18-25)19-20-9-7-6-8-10-20/h6-14H,15-19H2,1-5H3. The first-order chi connectivity index (χ1) is 12.7. The Hall–Kier alpha value is -1.78. The number of hydrogen-bond donors (Lipinski definition) is 0. The van der Waals surface area contributed by atoms with Gasteiger partial charge in [0, 0.05) is 38.4 Å². The molecule has 0 N–H and O–H groups in total. The van der Waals surface area contributed by atoms with E-state index in [-0.39, 0.29) is 5.04 Å². The average molecular weight is 383 g/mol. The van der Waals surface area contributed by atoms with Gasteiger partial charge in [-0.1, -0.05) is 51.1 Å². The highest BCUT2D eigenvalue weighted by Crippen LogP contribution is 2.37. The van der Waals surface area contributed by atoms with Gasteiger partial charge in [-0.3, -0.25) is 4.90 Å². The molecule has 0 atom stereocenters. The molecule has 146 valence electrons. The van der Waals surface area contributed by atoms with Gasteiger partial charge in [0.2, 0.25) is 8.32 Å². The third kappa shape index (κ3) is 5.14. The van der Waals surface area contributed by atoms with Crippen LogP contribution in [-0.4, -0.2) is 39.4 Å². The van der Waals surface area contributed by atoms with Crippen molar-refractivity contribution in [1.82, 2.24) is 4.90 Å². The molecule has 1 aliphatic rings. The Bertz CT molecular complexity index is 714. The molecular formula is C23H34N2OSi. The van der Waals surface area contributed by atoms with Crippen molar-refractivity contribution in [2.45, 2.75) is 45.4 Å². The fourth-order valence-corrected chi connectivity index (χ4v) is 4.21. The van der Waals surface area contributed by atoms with Crippen molar-refractivity contribution >= 4 is 14.0 Å². The maximum atomic E-state index is 6.40. The van der Waals surface area contributed by atoms with Crippen LogP contribution in [0.2, 0.25) is 18.1 Å². The highest BCUT2D eigenvalue weighted by molar-refractivity contribution is 6.74. The molecule has 27 heavy (non-hydrogen) atoms. The van der Waals surface area contributed by atoms with Gasteiger partial charge >= 0.3 is 0 Å². The third-order valence-electron chi connectivity index (χ3n) is 6.00. The van der Waals surface area contributed by atoms with Gasteiger partial charge < -0.3 is 9.33 Å². The summed E-state index contributed by atoms with van der Waals surface area (Å²) in [4.78, 5) is 5.03. The zero-order valence-corrected chi connectivity index (χ0v) is 18.5. The molecule has 0 radical (unpaired) electrons. The van der Waals surface area contributed by atoms with Crippen LogP contribution >= 0.6 is 0 Å². The molecular weight excluding hydrogens is 348 g/mol. The van der Waals surface area contributed by atoms with E-state index in [0.29, 0.717) is 0 Å². The summed E-state index contributed by atoms with van der Waals surface area (Å²) in [6, 6.07) is 19.5. The monoisotopic (exact) mass is 382 g/mol. The highest BCUT2D eigenvalue weighted by atomic mass is 28.4. The zero-order chi connectivity index (χ0) is 19.5. The smallest absolute Gasteiger partial charge is 0.250 e. The Morgan fingerprint density at radius 1 is 0.852 bits per heavy atom. The van der Waals surface area contributed by atoms with Crippen molar-refractivity contribution in [2.75, 3.05) is 31.1 Å². The van der Waals surface area contributed by atoms with E-state index in [1.807, 2.05) is 0 Å². The number of anilines is 1. The lowest BCUT2D eigenvalue weighted by Gasteiger charge is -2.37. The van der Waals surface area contributed by atoms with Crippen LogP contribution in [0.15, 0.2) is 54.6 Å². The molecule has 1 aliphatic heterocycles. The van der Waals surface area contributed by atoms with Crippen LogP contribution in [-0.2, 0) is 6.54 Å². The first-order valence-electron chi connectivity index (χ1n) is 10.0. The SMILES string of the molecule is CC(C)(C)[Si](C)(C)Oc1ccc(N2CCN(Cc3ccccc3)CC2)cc1. The first kappa shape index (κ1) is 20.0. The van der Waals surface area contributed by atoms with E-state index in [2.05, 4.69) is 98.3 Å². The van der Waals surface area contributed by atoms with Crippen molar-refractivity contribution in [3.05, 3.63) is 60.2 Å². The molecule has 2 aromatic carbocycles. The minimum atomic E-state index is -1.77. The molecule has 0 saturated carbocycles. The van der Waals surface area contributed by atoms with Gasteiger partial charge in [0.15, 0.2) is 0 Å². The van der Waals surface area contributed by atoms with Crippen LogP contribution in [0.5, 0.6) is 5.75 Å². The van der Waals surface area contributed by atoms with Gasteiger partial charge in [-0.25, -0.2) is 0 Å². The Morgan fingerprint density at radius 2 is 1.44 bits per heavy atom. The molecule has 0 bridgehead atoms. The van der Waals surface area contributed by atoms with E-state index in [1.165, 1.54) is 11.3 Å². The lowest BCUT2D eigenvalue weighted by molar-refractivity contribution is 0.250. The van der Waals surface area contributed by atoms with Crippen LogP contribution in [0.1, 0.15) is 26.3 Å². The molecule has 2 aromatic rings. The van der Waals surface area contributed by atoms with E-state index < -0.39 is 8.32 Å². The maximum absolute atomic E-state index is 6.40. The lowest BCUT2D eigenvalue weighted by Crippen LogP contribution is -2.46. The van der Waals surface area contributed by atoms with Crippen LogP contribution in [0.25, 0.3) is 0 Å². The second kappa shape index (κ2) is 8.07. The maximum Gasteiger partial charge on any atom is 0.250 e. The number of hydrogen-bond acceptors (Lipinski definition) is 3. The van der Waals surface area contributed by atoms with Crippen LogP contribution in [0.3, 0.4) is 0 Å². The number of nitrogens with zero attached hydrogens (tertiary/aromatic N) is 2. The summed E-state index contributed by atoms with van der Waals surface area (Å²) < 4.78 is 6.40. The fraction of sp³-hybridized carbons (Fsp3) is 0.478. The Morgan fingerprint density at radius 3 is 2.00 bits per heavy atom. The molecule has 0 unspecified atom stereocenters. The van der Waals surface area contributed by atoms with Gasteiger partial charge in [0.25, 0.3) is 0 Å². The van der Waals surface area contributed by atoms with Crippen molar-refractivity contribution in [3.8, 4) is 5.75 Å². The summed E-state index contributed by atoms with van der Waals surface area (Å²) in [5, 5.41) is 0.223. The first-order valence-corrected chi connectivity index (χ1v) is 13.0. The largest absolute Gasteiger partial charge is 0.544 e. The molecule has 0 amide bonds. The summed E-state index contributed by atoms with van der Waals surface area (Å²) in [6.07, 6.45) is 0. The molecule has 1 heterocycles. The van der Waals surface area contributed by atoms with Crippen molar-refractivity contribution in [1.29, 1.82) is 0 Å². The fourth-order valence-electron chi connectivity index (χ4n) is 3.18. The molecule has 3 rings (SSSR count). The number of benzene rings is 2. The summed E-state index contributed by atoms with van der Waals surface area (Å²) >= 11 is 0. The molecule has 0 aromatic heterocycles. The van der Waals surface area contributed by atoms with Gasteiger partial charge in [0.1, 0.15) is 5.75 Å². The summed E-state index contributed by atoms with van der Waals surface area (Å²) in [6.45, 7) is 16.9. The average Bonchev–Trinajstić information content (AvgIpc) is 2.63. The summed E-state index contributed by atoms with van der Waals surface area (Å²) in [5.41, 5.74) is 2.70. The highest BCUT2D eigenvalue weighted by Gasteiger charge is 2.38. The van der Waals surface area contributed by atoms with Gasteiger partial charge in [-0.15, -0.1) is 0 Å².